The number of hydrogen-bond donors (Lipinski definition) is 3. The smallest absolute Gasteiger partial charge is 0.144 e. The Labute approximate surface area is 164 Å². The van der Waals surface area contributed by atoms with Gasteiger partial charge in [0, 0.05) is 10.3 Å². The summed E-state index contributed by atoms with van der Waals surface area (Å²) in [5.41, 5.74) is 0.550. The number of aliphatic hydroxyl groups is 2. The van der Waals surface area contributed by atoms with Crippen LogP contribution in [0.3, 0.4) is 0 Å². The van der Waals surface area contributed by atoms with Gasteiger partial charge in [-0.05, 0) is 82.1 Å². The molecule has 4 atom stereocenters. The summed E-state index contributed by atoms with van der Waals surface area (Å²) < 4.78 is 0. The van der Waals surface area contributed by atoms with Crippen LogP contribution in [0.25, 0.3) is 0 Å². The first kappa shape index (κ1) is 18.9. The Morgan fingerprint density at radius 1 is 1.26 bits per heavy atom. The lowest BCUT2D eigenvalue weighted by atomic mass is 9.49. The summed E-state index contributed by atoms with van der Waals surface area (Å²) in [7, 11) is 0. The van der Waals surface area contributed by atoms with Gasteiger partial charge in [-0.25, -0.2) is 4.98 Å². The minimum absolute atomic E-state index is 0.182. The van der Waals surface area contributed by atoms with Crippen molar-refractivity contribution in [1.82, 2.24) is 4.98 Å². The molecule has 0 bridgehead atoms. The molecule has 1 aromatic carbocycles. The lowest BCUT2D eigenvalue weighted by Crippen LogP contribution is -2.62. The molecule has 4 nitrogen and oxygen atoms in total. The number of aromatic hydroxyl groups is 1. The second-order valence-electron chi connectivity index (χ2n) is 8.76. The molecule has 1 aromatic heterocycles. The van der Waals surface area contributed by atoms with E-state index < -0.39 is 11.2 Å². The highest BCUT2D eigenvalue weighted by Gasteiger charge is 2.62. The van der Waals surface area contributed by atoms with E-state index in [-0.39, 0.29) is 11.3 Å². The van der Waals surface area contributed by atoms with Crippen molar-refractivity contribution in [2.24, 2.45) is 5.92 Å². The monoisotopic (exact) mass is 387 g/mol. The van der Waals surface area contributed by atoms with E-state index in [9.17, 15) is 15.3 Å². The fourth-order valence-electron chi connectivity index (χ4n) is 5.54. The predicted octanol–water partition coefficient (Wildman–Crippen LogP) is 4.11. The molecular weight excluding hydrogens is 358 g/mol. The largest absolute Gasteiger partial charge is 0.508 e. The van der Waals surface area contributed by atoms with Crippen LogP contribution in [0.2, 0.25) is 0 Å². The van der Waals surface area contributed by atoms with E-state index >= 15 is 0 Å². The van der Waals surface area contributed by atoms with Crippen molar-refractivity contribution in [2.75, 3.05) is 0 Å². The van der Waals surface area contributed by atoms with Crippen LogP contribution in [-0.4, -0.2) is 25.9 Å². The molecule has 3 N–H and O–H groups in total. The Kier molecular flexibility index (Phi) is 4.22. The number of aromatic nitrogens is 1. The summed E-state index contributed by atoms with van der Waals surface area (Å²) in [4.78, 5) is 5.71. The molecule has 27 heavy (non-hydrogen) atoms. The first-order valence-corrected chi connectivity index (χ1v) is 10.7. The molecule has 2 aromatic rings. The molecule has 2 aliphatic rings. The van der Waals surface area contributed by atoms with Crippen LogP contribution in [0.4, 0.5) is 0 Å². The van der Waals surface area contributed by atoms with E-state index in [0.29, 0.717) is 23.6 Å². The molecule has 146 valence electrons. The van der Waals surface area contributed by atoms with Crippen molar-refractivity contribution < 1.29 is 15.3 Å². The fourth-order valence-corrected chi connectivity index (χ4v) is 6.68. The van der Waals surface area contributed by atoms with E-state index in [4.69, 9.17) is 0 Å². The first-order valence-electron chi connectivity index (χ1n) is 9.84. The van der Waals surface area contributed by atoms with Gasteiger partial charge in [0.15, 0.2) is 0 Å². The summed E-state index contributed by atoms with van der Waals surface area (Å²) in [6.45, 7) is 7.90. The molecule has 0 amide bonds. The third-order valence-corrected chi connectivity index (χ3v) is 8.50. The Morgan fingerprint density at radius 2 is 2.00 bits per heavy atom. The minimum atomic E-state index is -1.32. The van der Waals surface area contributed by atoms with Gasteiger partial charge in [0.05, 0.1) is 11.3 Å². The summed E-state index contributed by atoms with van der Waals surface area (Å²) >= 11 is 1.50. The molecule has 0 radical (unpaired) electrons. The molecule has 0 aliphatic heterocycles. The zero-order valence-corrected chi connectivity index (χ0v) is 17.4. The second-order valence-corrected chi connectivity index (χ2v) is 9.97. The van der Waals surface area contributed by atoms with Gasteiger partial charge in [-0.3, -0.25) is 0 Å². The molecule has 1 heterocycles. The van der Waals surface area contributed by atoms with Gasteiger partial charge in [-0.2, -0.15) is 0 Å². The summed E-state index contributed by atoms with van der Waals surface area (Å²) in [5.74, 6) is 0.570. The van der Waals surface area contributed by atoms with Gasteiger partial charge in [0.1, 0.15) is 16.4 Å². The molecule has 2 aliphatic carbocycles. The second kappa shape index (κ2) is 6.03. The maximum Gasteiger partial charge on any atom is 0.144 e. The molecule has 0 spiro atoms. The van der Waals surface area contributed by atoms with Crippen LogP contribution in [-0.2, 0) is 17.4 Å². The average molecular weight is 388 g/mol. The van der Waals surface area contributed by atoms with Gasteiger partial charge in [0.2, 0.25) is 0 Å². The maximum absolute atomic E-state index is 11.7. The number of benzene rings is 1. The number of nitrogens with zero attached hydrogens (tertiary/aromatic N) is 1. The zero-order chi connectivity index (χ0) is 19.6. The van der Waals surface area contributed by atoms with Crippen LogP contribution in [0.1, 0.15) is 66.2 Å². The summed E-state index contributed by atoms with van der Waals surface area (Å²) in [6, 6.07) is 5.65. The van der Waals surface area contributed by atoms with Crippen LogP contribution in [0.15, 0.2) is 18.2 Å². The fraction of sp³-hybridized carbons (Fsp3) is 0.591. The zero-order valence-electron chi connectivity index (χ0n) is 16.5. The lowest BCUT2D eigenvalue weighted by Gasteiger charge is -2.58. The number of rotatable bonds is 2. The summed E-state index contributed by atoms with van der Waals surface area (Å²) in [6.07, 6.45) is 3.75. The topological polar surface area (TPSA) is 73.6 Å². The highest BCUT2D eigenvalue weighted by atomic mass is 32.1. The van der Waals surface area contributed by atoms with E-state index in [1.165, 1.54) is 22.5 Å². The van der Waals surface area contributed by atoms with Crippen molar-refractivity contribution in [3.63, 3.8) is 0 Å². The standard InChI is InChI=1S/C22H29NO3S/c1-5-21-12-20(4,25)22(26,19-23-13(2)14(3)27-19)11-16(21)7-6-15-10-17(24)8-9-18(15)21/h8-10,16,24-26H,5-7,11-12H2,1-4H3/t16-,20-,21-,22-/m1/s1. The highest BCUT2D eigenvalue weighted by Crippen LogP contribution is 2.60. The minimum Gasteiger partial charge on any atom is -0.508 e. The van der Waals surface area contributed by atoms with Crippen molar-refractivity contribution in [1.29, 1.82) is 0 Å². The maximum atomic E-state index is 11.7. The van der Waals surface area contributed by atoms with Crippen LogP contribution < -0.4 is 0 Å². The molecular formula is C22H29NO3S. The van der Waals surface area contributed by atoms with Crippen molar-refractivity contribution >= 4 is 11.3 Å². The van der Waals surface area contributed by atoms with Gasteiger partial charge < -0.3 is 15.3 Å². The quantitative estimate of drug-likeness (QED) is 0.725. The van der Waals surface area contributed by atoms with Crippen molar-refractivity contribution in [3.05, 3.63) is 44.9 Å². The van der Waals surface area contributed by atoms with Gasteiger partial charge in [-0.15, -0.1) is 11.3 Å². The molecule has 4 rings (SSSR count). The van der Waals surface area contributed by atoms with E-state index in [1.54, 1.807) is 13.0 Å². The average Bonchev–Trinajstić information content (AvgIpc) is 2.95. The molecule has 1 fully saturated rings. The van der Waals surface area contributed by atoms with Crippen molar-refractivity contribution in [3.8, 4) is 5.75 Å². The Morgan fingerprint density at radius 3 is 2.63 bits per heavy atom. The Bertz CT molecular complexity index is 870. The highest BCUT2D eigenvalue weighted by molar-refractivity contribution is 7.11. The number of fused-ring (bicyclic) bond motifs is 3. The molecule has 0 saturated heterocycles. The van der Waals surface area contributed by atoms with E-state index in [0.717, 1.165) is 29.8 Å². The summed E-state index contributed by atoms with van der Waals surface area (Å²) in [5, 5.41) is 33.8. The first-order chi connectivity index (χ1) is 12.6. The lowest BCUT2D eigenvalue weighted by molar-refractivity contribution is -0.205. The van der Waals surface area contributed by atoms with Crippen LogP contribution >= 0.6 is 11.3 Å². The van der Waals surface area contributed by atoms with Crippen LogP contribution in [0.5, 0.6) is 5.75 Å². The van der Waals surface area contributed by atoms with Gasteiger partial charge in [0.25, 0.3) is 0 Å². The number of aryl methyl sites for hydroxylation is 3. The van der Waals surface area contributed by atoms with Crippen LogP contribution in [0, 0.1) is 19.8 Å². The van der Waals surface area contributed by atoms with Crippen molar-refractivity contribution in [2.45, 2.75) is 76.4 Å². The van der Waals surface area contributed by atoms with E-state index in [2.05, 4.69) is 11.9 Å². The number of thiazole rings is 1. The Balaban J connectivity index is 1.83. The third-order valence-electron chi connectivity index (χ3n) is 7.27. The van der Waals surface area contributed by atoms with E-state index in [1.807, 2.05) is 26.0 Å². The SMILES string of the molecule is CC[C@@]12C[C@@](C)(O)[C@](O)(c3nc(C)c(C)s3)C[C@H]1CCc1cc(O)ccc12. The normalized spacial score (nSPS) is 35.6. The molecule has 1 saturated carbocycles. The number of phenolic OH excluding ortho intramolecular Hbond substituents is 1. The Hall–Kier alpha value is -1.43. The van der Waals surface area contributed by atoms with Gasteiger partial charge >= 0.3 is 0 Å². The number of hydrogen-bond acceptors (Lipinski definition) is 5. The third kappa shape index (κ3) is 2.59. The molecule has 0 unspecified atom stereocenters. The predicted molar refractivity (Wildman–Crippen MR) is 107 cm³/mol. The molecule has 5 heteroatoms. The van der Waals surface area contributed by atoms with Gasteiger partial charge in [-0.1, -0.05) is 13.0 Å². The number of phenols is 1.